The standard InChI is InChI=1S/C22H29NO4/c1-7-15-8-10-16(11-9-15)21(14(2)3)23-22(24)17-12-19(26-5)20(27-6)13-18(17)25-4/h8-14,21H,7H2,1-6H3,(H,23,24). The van der Waals surface area contributed by atoms with E-state index in [1.54, 1.807) is 19.2 Å². The van der Waals surface area contributed by atoms with Gasteiger partial charge >= 0.3 is 0 Å². The van der Waals surface area contributed by atoms with Crippen LogP contribution in [-0.2, 0) is 6.42 Å². The fraction of sp³-hybridized carbons (Fsp3) is 0.409. The highest BCUT2D eigenvalue weighted by Gasteiger charge is 2.23. The Morgan fingerprint density at radius 1 is 0.926 bits per heavy atom. The summed E-state index contributed by atoms with van der Waals surface area (Å²) in [4.78, 5) is 13.0. The minimum atomic E-state index is -0.217. The number of rotatable bonds is 8. The smallest absolute Gasteiger partial charge is 0.255 e. The second kappa shape index (κ2) is 9.31. The lowest BCUT2D eigenvalue weighted by molar-refractivity contribution is 0.0922. The number of carbonyl (C=O) groups excluding carboxylic acids is 1. The van der Waals surface area contributed by atoms with E-state index in [1.807, 2.05) is 0 Å². The zero-order valence-corrected chi connectivity index (χ0v) is 17.0. The third-order valence-electron chi connectivity index (χ3n) is 4.65. The van der Waals surface area contributed by atoms with E-state index in [4.69, 9.17) is 14.2 Å². The number of ether oxygens (including phenoxy) is 3. The number of nitrogens with one attached hydrogen (secondary N) is 1. The molecule has 0 fully saturated rings. The van der Waals surface area contributed by atoms with E-state index in [9.17, 15) is 4.79 Å². The fourth-order valence-electron chi connectivity index (χ4n) is 3.02. The van der Waals surface area contributed by atoms with Gasteiger partial charge in [0.2, 0.25) is 0 Å². The van der Waals surface area contributed by atoms with Crippen molar-refractivity contribution in [1.82, 2.24) is 5.32 Å². The molecule has 2 aromatic carbocycles. The molecule has 0 bridgehead atoms. The molecule has 5 nitrogen and oxygen atoms in total. The van der Waals surface area contributed by atoms with Crippen molar-refractivity contribution in [2.75, 3.05) is 21.3 Å². The summed E-state index contributed by atoms with van der Waals surface area (Å²) in [6.45, 7) is 6.30. The minimum Gasteiger partial charge on any atom is -0.496 e. The molecule has 1 N–H and O–H groups in total. The summed E-state index contributed by atoms with van der Waals surface area (Å²) in [7, 11) is 4.62. The summed E-state index contributed by atoms with van der Waals surface area (Å²) in [5.41, 5.74) is 2.76. The fourth-order valence-corrected chi connectivity index (χ4v) is 3.02. The molecule has 5 heteroatoms. The Bertz CT molecular complexity index is 769. The first-order valence-corrected chi connectivity index (χ1v) is 9.14. The number of aryl methyl sites for hydroxylation is 1. The first-order valence-electron chi connectivity index (χ1n) is 9.14. The molecule has 0 aliphatic rings. The molecular weight excluding hydrogens is 342 g/mol. The molecule has 1 atom stereocenters. The van der Waals surface area contributed by atoms with Gasteiger partial charge in [0.1, 0.15) is 5.75 Å². The van der Waals surface area contributed by atoms with E-state index in [1.165, 1.54) is 19.8 Å². The Labute approximate surface area is 161 Å². The maximum Gasteiger partial charge on any atom is 0.255 e. The van der Waals surface area contributed by atoms with Gasteiger partial charge in [-0.15, -0.1) is 0 Å². The first kappa shape index (κ1) is 20.6. The molecule has 1 unspecified atom stereocenters. The van der Waals surface area contributed by atoms with Crippen LogP contribution in [0.1, 0.15) is 48.3 Å². The van der Waals surface area contributed by atoms with Crippen molar-refractivity contribution in [2.45, 2.75) is 33.2 Å². The second-order valence-electron chi connectivity index (χ2n) is 6.70. The summed E-state index contributed by atoms with van der Waals surface area (Å²) >= 11 is 0. The number of amides is 1. The molecular formula is C22H29NO4. The largest absolute Gasteiger partial charge is 0.496 e. The molecule has 0 aliphatic heterocycles. The van der Waals surface area contributed by atoms with Crippen molar-refractivity contribution in [3.63, 3.8) is 0 Å². The van der Waals surface area contributed by atoms with E-state index in [0.717, 1.165) is 12.0 Å². The average Bonchev–Trinajstić information content (AvgIpc) is 2.70. The molecule has 0 radical (unpaired) electrons. The van der Waals surface area contributed by atoms with Crippen LogP contribution >= 0.6 is 0 Å². The number of benzene rings is 2. The molecule has 0 aromatic heterocycles. The first-order chi connectivity index (χ1) is 12.9. The van der Waals surface area contributed by atoms with Crippen LogP contribution < -0.4 is 19.5 Å². The summed E-state index contributed by atoms with van der Waals surface area (Å²) in [6.07, 6.45) is 0.988. The highest BCUT2D eigenvalue weighted by atomic mass is 16.5. The number of hydrogen-bond donors (Lipinski definition) is 1. The van der Waals surface area contributed by atoms with Gasteiger partial charge in [-0.25, -0.2) is 0 Å². The van der Waals surface area contributed by atoms with Crippen LogP contribution in [0.25, 0.3) is 0 Å². The molecule has 0 spiro atoms. The quantitative estimate of drug-likeness (QED) is 0.747. The predicted octanol–water partition coefficient (Wildman–Crippen LogP) is 4.40. The lowest BCUT2D eigenvalue weighted by Crippen LogP contribution is -2.32. The summed E-state index contributed by atoms with van der Waals surface area (Å²) < 4.78 is 16.0. The van der Waals surface area contributed by atoms with Crippen LogP contribution in [0.2, 0.25) is 0 Å². The van der Waals surface area contributed by atoms with Crippen LogP contribution in [0, 0.1) is 5.92 Å². The SMILES string of the molecule is CCc1ccc(C(NC(=O)c2cc(OC)c(OC)cc2OC)C(C)C)cc1. The van der Waals surface area contributed by atoms with Crippen LogP contribution in [0.4, 0.5) is 0 Å². The Hall–Kier alpha value is -2.69. The zero-order chi connectivity index (χ0) is 20.0. The van der Waals surface area contributed by atoms with Gasteiger partial charge < -0.3 is 19.5 Å². The topological polar surface area (TPSA) is 56.8 Å². The van der Waals surface area contributed by atoms with Crippen molar-refractivity contribution in [2.24, 2.45) is 5.92 Å². The molecule has 0 saturated carbocycles. The van der Waals surface area contributed by atoms with E-state index in [0.29, 0.717) is 22.8 Å². The molecule has 0 saturated heterocycles. The highest BCUT2D eigenvalue weighted by molar-refractivity contribution is 5.98. The number of hydrogen-bond acceptors (Lipinski definition) is 4. The highest BCUT2D eigenvalue weighted by Crippen LogP contribution is 2.35. The molecule has 0 aliphatic carbocycles. The van der Waals surface area contributed by atoms with Crippen LogP contribution in [0.5, 0.6) is 17.2 Å². The second-order valence-corrected chi connectivity index (χ2v) is 6.70. The van der Waals surface area contributed by atoms with Gasteiger partial charge in [0.05, 0.1) is 32.9 Å². The van der Waals surface area contributed by atoms with Crippen molar-refractivity contribution in [3.05, 3.63) is 53.1 Å². The van der Waals surface area contributed by atoms with Gasteiger partial charge in [-0.2, -0.15) is 0 Å². The predicted molar refractivity (Wildman–Crippen MR) is 107 cm³/mol. The molecule has 2 rings (SSSR count). The zero-order valence-electron chi connectivity index (χ0n) is 17.0. The monoisotopic (exact) mass is 371 g/mol. The van der Waals surface area contributed by atoms with Crippen LogP contribution in [0.3, 0.4) is 0 Å². The summed E-state index contributed by atoms with van der Waals surface area (Å²) in [5, 5.41) is 3.13. The maximum absolute atomic E-state index is 13.0. The van der Waals surface area contributed by atoms with Gasteiger partial charge in [-0.05, 0) is 23.5 Å². The van der Waals surface area contributed by atoms with Crippen LogP contribution in [-0.4, -0.2) is 27.2 Å². The van der Waals surface area contributed by atoms with E-state index < -0.39 is 0 Å². The van der Waals surface area contributed by atoms with Crippen molar-refractivity contribution in [3.8, 4) is 17.2 Å². The Morgan fingerprint density at radius 3 is 1.96 bits per heavy atom. The molecule has 27 heavy (non-hydrogen) atoms. The Morgan fingerprint density at radius 2 is 1.48 bits per heavy atom. The maximum atomic E-state index is 13.0. The van der Waals surface area contributed by atoms with E-state index in [-0.39, 0.29) is 17.9 Å². The van der Waals surface area contributed by atoms with E-state index >= 15 is 0 Å². The van der Waals surface area contributed by atoms with E-state index in [2.05, 4.69) is 50.4 Å². The average molecular weight is 371 g/mol. The molecule has 1 amide bonds. The third kappa shape index (κ3) is 4.73. The Kier molecular flexibility index (Phi) is 7.11. The summed E-state index contributed by atoms with van der Waals surface area (Å²) in [5.74, 6) is 1.45. The normalized spacial score (nSPS) is 11.8. The molecule has 2 aromatic rings. The van der Waals surface area contributed by atoms with Crippen molar-refractivity contribution in [1.29, 1.82) is 0 Å². The molecule has 146 valence electrons. The van der Waals surface area contributed by atoms with Gasteiger partial charge in [-0.1, -0.05) is 45.0 Å². The molecule has 0 heterocycles. The third-order valence-corrected chi connectivity index (χ3v) is 4.65. The van der Waals surface area contributed by atoms with Gasteiger partial charge in [0, 0.05) is 12.1 Å². The lowest BCUT2D eigenvalue weighted by atomic mass is 9.94. The van der Waals surface area contributed by atoms with Crippen molar-refractivity contribution >= 4 is 5.91 Å². The summed E-state index contributed by atoms with van der Waals surface area (Å²) in [6, 6.07) is 11.6. The van der Waals surface area contributed by atoms with Crippen molar-refractivity contribution < 1.29 is 19.0 Å². The number of methoxy groups -OCH3 is 3. The minimum absolute atomic E-state index is 0.110. The van der Waals surface area contributed by atoms with Gasteiger partial charge in [0.15, 0.2) is 11.5 Å². The van der Waals surface area contributed by atoms with Gasteiger partial charge in [-0.3, -0.25) is 4.79 Å². The number of carbonyl (C=O) groups is 1. The lowest BCUT2D eigenvalue weighted by Gasteiger charge is -2.24. The van der Waals surface area contributed by atoms with Gasteiger partial charge in [0.25, 0.3) is 5.91 Å². The Balaban J connectivity index is 2.34. The van der Waals surface area contributed by atoms with Crippen LogP contribution in [0.15, 0.2) is 36.4 Å².